The number of rotatable bonds is 35. The van der Waals surface area contributed by atoms with E-state index in [1.165, 1.54) is 33.2 Å². The topological polar surface area (TPSA) is 423 Å². The molecule has 16 N–H and O–H groups in total. The summed E-state index contributed by atoms with van der Waals surface area (Å²) in [6.07, 6.45) is 4.37. The third-order valence-corrected chi connectivity index (χ3v) is 13.0. The summed E-state index contributed by atoms with van der Waals surface area (Å²) < 4.78 is 0. The zero-order valence-electron chi connectivity index (χ0n) is 42.2. The molecular formula is C45H72N14O12S2. The maximum absolute atomic E-state index is 14.4. The number of nitrogens with two attached hydrogens (primary N) is 3. The molecule has 26 nitrogen and oxygen atoms in total. The Morgan fingerprint density at radius 2 is 1.41 bits per heavy atom. The fourth-order valence-electron chi connectivity index (χ4n) is 6.68. The van der Waals surface area contributed by atoms with Crippen molar-refractivity contribution in [1.82, 2.24) is 52.5 Å². The Labute approximate surface area is 431 Å². The summed E-state index contributed by atoms with van der Waals surface area (Å²) in [5, 5.41) is 29.5. The molecule has 0 aliphatic carbocycles. The molecule has 28 heteroatoms. The van der Waals surface area contributed by atoms with E-state index >= 15 is 0 Å². The number of carboxylic acid groups (broad SMARTS) is 1. The minimum absolute atomic E-state index is 0.00155. The van der Waals surface area contributed by atoms with Gasteiger partial charge in [-0.1, -0.05) is 61.4 Å². The van der Waals surface area contributed by atoms with Crippen LogP contribution in [0.1, 0.15) is 80.0 Å². The largest absolute Gasteiger partial charge is 0.481 e. The summed E-state index contributed by atoms with van der Waals surface area (Å²) in [5.41, 5.74) is 14.5. The molecule has 406 valence electrons. The predicted octanol–water partition coefficient (Wildman–Crippen LogP) is -2.45. The molecule has 0 saturated carbocycles. The number of guanidine groups is 1. The van der Waals surface area contributed by atoms with Gasteiger partial charge in [0.05, 0.1) is 24.9 Å². The summed E-state index contributed by atoms with van der Waals surface area (Å²) in [4.78, 5) is 153. The van der Waals surface area contributed by atoms with Crippen LogP contribution in [0.3, 0.4) is 0 Å². The average molecular weight is 1070 g/mol. The lowest BCUT2D eigenvalue weighted by Crippen LogP contribution is -2.64. The smallest absolute Gasteiger partial charge is 0.304 e. The number of amides is 9. The van der Waals surface area contributed by atoms with Crippen LogP contribution in [0.2, 0.25) is 0 Å². The maximum Gasteiger partial charge on any atom is 0.304 e. The summed E-state index contributed by atoms with van der Waals surface area (Å²) in [5.74, 6) is -10.5. The predicted molar refractivity (Wildman–Crippen MR) is 274 cm³/mol. The number of imidazole rings is 1. The van der Waals surface area contributed by atoms with Gasteiger partial charge in [0.15, 0.2) is 11.7 Å². The zero-order valence-corrected chi connectivity index (χ0v) is 43.8. The van der Waals surface area contributed by atoms with E-state index in [9.17, 15) is 52.7 Å². The fraction of sp³-hybridized carbons (Fsp3) is 0.578. The number of ketones is 1. The van der Waals surface area contributed by atoms with Gasteiger partial charge >= 0.3 is 5.97 Å². The molecule has 9 amide bonds. The van der Waals surface area contributed by atoms with Crippen LogP contribution in [0.15, 0.2) is 42.7 Å². The minimum atomic E-state index is -1.98. The second kappa shape index (κ2) is 32.2. The van der Waals surface area contributed by atoms with Gasteiger partial charge in [-0.3, -0.25) is 57.7 Å². The number of aromatic nitrogens is 2. The number of carbonyl (C=O) groups is 11. The van der Waals surface area contributed by atoms with Crippen molar-refractivity contribution < 1.29 is 57.8 Å². The fourth-order valence-corrected chi connectivity index (χ4v) is 9.03. The lowest BCUT2D eigenvalue weighted by Gasteiger charge is -2.34. The van der Waals surface area contributed by atoms with Crippen LogP contribution in [-0.2, 0) is 59.2 Å². The van der Waals surface area contributed by atoms with Gasteiger partial charge in [0.1, 0.15) is 41.6 Å². The lowest BCUT2D eigenvalue weighted by atomic mass is 9.90. The van der Waals surface area contributed by atoms with E-state index in [4.69, 9.17) is 22.3 Å². The number of carbonyl (C=O) groups excluding carboxylic acids is 10. The summed E-state index contributed by atoms with van der Waals surface area (Å²) in [6.45, 7) is 17.6. The molecule has 0 fully saturated rings. The van der Waals surface area contributed by atoms with Crippen molar-refractivity contribution in [3.8, 4) is 0 Å². The Balaban J connectivity index is 3.36. The van der Waals surface area contributed by atoms with Crippen molar-refractivity contribution >= 4 is 92.5 Å². The van der Waals surface area contributed by atoms with E-state index in [0.717, 1.165) is 33.7 Å². The molecule has 0 aliphatic rings. The summed E-state index contributed by atoms with van der Waals surface area (Å²) in [6, 6.07) is -7.33. The maximum atomic E-state index is 14.4. The molecule has 1 aromatic rings. The van der Waals surface area contributed by atoms with Crippen molar-refractivity contribution in [2.45, 2.75) is 122 Å². The highest BCUT2D eigenvalue weighted by atomic mass is 33.1. The normalized spacial score (nSPS) is 14.6. The number of nitrogens with zero attached hydrogens (tertiary/aromatic N) is 2. The Bertz CT molecular complexity index is 2150. The van der Waals surface area contributed by atoms with E-state index in [-0.39, 0.29) is 67.3 Å². The molecule has 1 heterocycles. The van der Waals surface area contributed by atoms with Gasteiger partial charge in [-0.25, -0.2) is 4.98 Å². The molecule has 0 aliphatic heterocycles. The first-order chi connectivity index (χ1) is 34.2. The molecule has 0 radical (unpaired) electrons. The van der Waals surface area contributed by atoms with E-state index < -0.39 is 120 Å². The highest BCUT2D eigenvalue weighted by Crippen LogP contribution is 2.24. The van der Waals surface area contributed by atoms with Gasteiger partial charge < -0.3 is 69.8 Å². The van der Waals surface area contributed by atoms with Crippen LogP contribution in [0, 0.1) is 17.8 Å². The lowest BCUT2D eigenvalue weighted by molar-refractivity contribution is -0.140. The molecule has 0 aromatic carbocycles. The molecule has 1 aromatic heterocycles. The van der Waals surface area contributed by atoms with Crippen LogP contribution in [-0.4, -0.2) is 152 Å². The number of hydrogen-bond donors (Lipinski definition) is 13. The van der Waals surface area contributed by atoms with Gasteiger partial charge in [-0.05, 0) is 44.9 Å². The second-order valence-electron chi connectivity index (χ2n) is 17.6. The standard InChI is InChI=1S/C45H72N14O12S2/c1-10-28(18-35(63)64)39(67)57-31(37(46)65)21-72-73-22-32(54-27(9)61)41(69)56-29(17-23(3)4)42(70)59-45(11-2,13-12-14-51-44(47)48)43(71)53-25(7)38(66)55-30(19-33-49-15-16-50-33)40(68)52-20-34(62)58-36(24(5)6)26(8)60/h10-11,15-16,23-25,28-32,36H,1-2,12-14,17-22H2,3-9H3,(H2,46,65)(H,49,50)(H,52,68)(H,53,71)(H,54,61)(H,55,66)(H,56,69)(H,57,67)(H,58,62)(H,59,70)(H,63,64)(H4,47,48,51)/t25-,28?,29+,30+,31-,32-,36+,45+/m1/s1. The quantitative estimate of drug-likeness (QED) is 0.0110. The Kier molecular flexibility index (Phi) is 28.2. The van der Waals surface area contributed by atoms with Crippen molar-refractivity contribution in [1.29, 1.82) is 0 Å². The van der Waals surface area contributed by atoms with Gasteiger partial charge in [-0.15, -0.1) is 13.2 Å². The molecule has 1 unspecified atom stereocenters. The average Bonchev–Trinajstić information content (AvgIpc) is 3.82. The van der Waals surface area contributed by atoms with Crippen LogP contribution >= 0.6 is 21.6 Å². The molecule has 0 saturated heterocycles. The monoisotopic (exact) mass is 1060 g/mol. The third kappa shape index (κ3) is 23.9. The number of hydrogen-bond acceptors (Lipinski definition) is 15. The Hall–Kier alpha value is -6.97. The van der Waals surface area contributed by atoms with Crippen molar-refractivity contribution in [2.75, 3.05) is 24.6 Å². The molecule has 8 atom stereocenters. The van der Waals surface area contributed by atoms with Crippen molar-refractivity contribution in [2.24, 2.45) is 39.9 Å². The van der Waals surface area contributed by atoms with E-state index in [1.807, 2.05) is 0 Å². The van der Waals surface area contributed by atoms with E-state index in [1.54, 1.807) is 27.7 Å². The highest BCUT2D eigenvalue weighted by molar-refractivity contribution is 8.76. The van der Waals surface area contributed by atoms with Crippen LogP contribution in [0.4, 0.5) is 0 Å². The number of aliphatic imine (C=N–C) groups is 1. The molecule has 0 bridgehead atoms. The SMILES string of the molecule is C=CC(CC(=O)O)C(=O)N[C@H](CSSC[C@@H](NC(C)=O)C(=O)N[C@@H](CC(C)C)C(=O)N[C@@](C=C)(CCCN=C(N)N)C(=O)N[C@H](C)C(=O)N[C@@H](Cc1ncc[nH]1)C(=O)NCC(=O)N[C@H](C(C)=O)C(C)C)C(N)=O. The van der Waals surface area contributed by atoms with Gasteiger partial charge in [-0.2, -0.15) is 0 Å². The zero-order chi connectivity index (χ0) is 55.6. The first kappa shape index (κ1) is 64.0. The first-order valence-electron chi connectivity index (χ1n) is 23.1. The van der Waals surface area contributed by atoms with Gasteiger partial charge in [0.25, 0.3) is 0 Å². The van der Waals surface area contributed by atoms with E-state index in [2.05, 4.69) is 70.7 Å². The third-order valence-electron chi connectivity index (χ3n) is 10.6. The molecular weight excluding hydrogens is 993 g/mol. The number of H-pyrrole nitrogens is 1. The summed E-state index contributed by atoms with van der Waals surface area (Å²) >= 11 is 0. The summed E-state index contributed by atoms with van der Waals surface area (Å²) in [7, 11) is 2.02. The number of primary amides is 1. The number of Topliss-reactive ketones (excluding diaryl/α,β-unsaturated/α-hetero) is 1. The minimum Gasteiger partial charge on any atom is -0.481 e. The number of carboxylic acids is 1. The van der Waals surface area contributed by atoms with E-state index in [0.29, 0.717) is 5.82 Å². The van der Waals surface area contributed by atoms with Crippen LogP contribution in [0.25, 0.3) is 0 Å². The Morgan fingerprint density at radius 1 is 0.795 bits per heavy atom. The number of aliphatic carboxylic acids is 1. The first-order valence-corrected chi connectivity index (χ1v) is 25.6. The molecule has 73 heavy (non-hydrogen) atoms. The second-order valence-corrected chi connectivity index (χ2v) is 20.2. The highest BCUT2D eigenvalue weighted by Gasteiger charge is 2.41. The Morgan fingerprint density at radius 3 is 1.92 bits per heavy atom. The van der Waals surface area contributed by atoms with Gasteiger partial charge in [0.2, 0.25) is 53.2 Å². The number of nitrogens with one attached hydrogen (secondary N) is 9. The van der Waals surface area contributed by atoms with Crippen LogP contribution in [0.5, 0.6) is 0 Å². The van der Waals surface area contributed by atoms with Crippen molar-refractivity contribution in [3.63, 3.8) is 0 Å². The van der Waals surface area contributed by atoms with Crippen LogP contribution < -0.4 is 59.7 Å². The van der Waals surface area contributed by atoms with Gasteiger partial charge in [0, 0.05) is 43.8 Å². The molecule has 1 rings (SSSR count). The molecule has 0 spiro atoms. The number of aromatic amines is 1. The van der Waals surface area contributed by atoms with Crippen molar-refractivity contribution in [3.05, 3.63) is 43.5 Å².